The Kier molecular flexibility index (Phi) is 3.59. The van der Waals surface area contributed by atoms with Crippen LogP contribution in [0.2, 0.25) is 0 Å². The third kappa shape index (κ3) is 2.94. The van der Waals surface area contributed by atoms with E-state index in [2.05, 4.69) is 4.98 Å². The van der Waals surface area contributed by atoms with E-state index in [0.29, 0.717) is 17.5 Å². The molecule has 1 aromatic carbocycles. The zero-order valence-corrected chi connectivity index (χ0v) is 10.0. The molecular weight excluding hydrogens is 241 g/mol. The molecule has 0 aliphatic rings. The summed E-state index contributed by atoms with van der Waals surface area (Å²) in [4.78, 5) is 4.14. The minimum atomic E-state index is -0.409. The van der Waals surface area contributed by atoms with E-state index in [1.54, 1.807) is 30.3 Å². The van der Waals surface area contributed by atoms with Crippen LogP contribution in [0.4, 0.5) is 4.39 Å². The summed E-state index contributed by atoms with van der Waals surface area (Å²) in [7, 11) is 0. The van der Waals surface area contributed by atoms with Crippen molar-refractivity contribution in [3.8, 4) is 11.6 Å². The van der Waals surface area contributed by atoms with Crippen molar-refractivity contribution in [1.29, 1.82) is 0 Å². The molecule has 1 aromatic heterocycles. The Hall–Kier alpha value is -1.61. The van der Waals surface area contributed by atoms with Crippen molar-refractivity contribution in [2.24, 2.45) is 0 Å². The van der Waals surface area contributed by atoms with Crippen LogP contribution in [-0.4, -0.2) is 4.98 Å². The molecule has 0 saturated carbocycles. The molecule has 4 heteroatoms. The number of halogens is 2. The molecule has 0 amide bonds. The second kappa shape index (κ2) is 5.15. The zero-order chi connectivity index (χ0) is 12.3. The van der Waals surface area contributed by atoms with Gasteiger partial charge in [0.15, 0.2) is 11.6 Å². The van der Waals surface area contributed by atoms with Gasteiger partial charge in [-0.05, 0) is 30.7 Å². The van der Waals surface area contributed by atoms with Crippen molar-refractivity contribution in [2.75, 3.05) is 0 Å². The van der Waals surface area contributed by atoms with E-state index in [4.69, 9.17) is 16.3 Å². The van der Waals surface area contributed by atoms with Crippen LogP contribution in [0.15, 0.2) is 36.4 Å². The third-order valence-corrected chi connectivity index (χ3v) is 2.49. The van der Waals surface area contributed by atoms with Gasteiger partial charge in [-0.15, -0.1) is 11.6 Å². The van der Waals surface area contributed by atoms with Gasteiger partial charge in [-0.2, -0.15) is 0 Å². The molecule has 0 aliphatic heterocycles. The average Bonchev–Trinajstić information content (AvgIpc) is 2.34. The first kappa shape index (κ1) is 11.9. The molecule has 2 nitrogen and oxygen atoms in total. The van der Waals surface area contributed by atoms with Gasteiger partial charge in [0.1, 0.15) is 0 Å². The molecule has 0 spiro atoms. The highest BCUT2D eigenvalue weighted by molar-refractivity contribution is 6.16. The maximum atomic E-state index is 13.5. The van der Waals surface area contributed by atoms with Crippen LogP contribution in [0, 0.1) is 12.7 Å². The average molecular weight is 252 g/mol. The molecule has 1 heterocycles. The number of aromatic nitrogens is 1. The minimum absolute atomic E-state index is 0.171. The number of hydrogen-bond donors (Lipinski definition) is 0. The Labute approximate surface area is 104 Å². The van der Waals surface area contributed by atoms with E-state index in [1.165, 1.54) is 6.07 Å². The number of nitrogens with zero attached hydrogens (tertiary/aromatic N) is 1. The van der Waals surface area contributed by atoms with E-state index in [0.717, 1.165) is 5.56 Å². The number of rotatable bonds is 3. The van der Waals surface area contributed by atoms with Crippen molar-refractivity contribution >= 4 is 11.6 Å². The molecule has 0 fully saturated rings. The molecule has 0 saturated heterocycles. The molecule has 2 rings (SSSR count). The minimum Gasteiger partial charge on any atom is -0.436 e. The smallest absolute Gasteiger partial charge is 0.219 e. The maximum absolute atomic E-state index is 13.5. The van der Waals surface area contributed by atoms with Crippen LogP contribution in [0.1, 0.15) is 11.3 Å². The van der Waals surface area contributed by atoms with E-state index in [-0.39, 0.29) is 5.75 Å². The number of alkyl halides is 1. The Bertz CT molecular complexity index is 531. The summed E-state index contributed by atoms with van der Waals surface area (Å²) in [6.07, 6.45) is 0. The molecule has 2 aromatic rings. The van der Waals surface area contributed by atoms with Crippen molar-refractivity contribution in [1.82, 2.24) is 4.98 Å². The van der Waals surface area contributed by atoms with Gasteiger partial charge in [0.2, 0.25) is 5.88 Å². The number of ether oxygens (including phenoxy) is 1. The van der Waals surface area contributed by atoms with Crippen LogP contribution in [0.5, 0.6) is 11.6 Å². The van der Waals surface area contributed by atoms with Crippen molar-refractivity contribution < 1.29 is 9.13 Å². The van der Waals surface area contributed by atoms with Gasteiger partial charge < -0.3 is 4.74 Å². The van der Waals surface area contributed by atoms with Gasteiger partial charge in [-0.1, -0.05) is 12.1 Å². The summed E-state index contributed by atoms with van der Waals surface area (Å²) < 4.78 is 18.8. The predicted octanol–water partition coefficient (Wildman–Crippen LogP) is 4.06. The van der Waals surface area contributed by atoms with Gasteiger partial charge in [-0.3, -0.25) is 0 Å². The molecule has 0 N–H and O–H groups in total. The second-order valence-corrected chi connectivity index (χ2v) is 3.90. The largest absolute Gasteiger partial charge is 0.436 e. The first-order valence-corrected chi connectivity index (χ1v) is 5.68. The van der Waals surface area contributed by atoms with Gasteiger partial charge in [0.05, 0.1) is 11.6 Å². The lowest BCUT2D eigenvalue weighted by atomic mass is 10.2. The Morgan fingerprint density at radius 2 is 2.12 bits per heavy atom. The Morgan fingerprint density at radius 3 is 2.88 bits per heavy atom. The molecule has 17 heavy (non-hydrogen) atoms. The number of benzene rings is 1. The topological polar surface area (TPSA) is 22.1 Å². The summed E-state index contributed by atoms with van der Waals surface area (Å²) in [5, 5.41) is 0. The lowest BCUT2D eigenvalue weighted by Gasteiger charge is -2.07. The quantitative estimate of drug-likeness (QED) is 0.768. The van der Waals surface area contributed by atoms with Crippen LogP contribution >= 0.6 is 11.6 Å². The lowest BCUT2D eigenvalue weighted by molar-refractivity contribution is 0.426. The highest BCUT2D eigenvalue weighted by Gasteiger charge is 2.06. The highest BCUT2D eigenvalue weighted by Crippen LogP contribution is 2.24. The van der Waals surface area contributed by atoms with Crippen molar-refractivity contribution in [2.45, 2.75) is 12.8 Å². The highest BCUT2D eigenvalue weighted by atomic mass is 35.5. The molecule has 0 unspecified atom stereocenters. The number of hydrogen-bond acceptors (Lipinski definition) is 2. The molecule has 0 bridgehead atoms. The predicted molar refractivity (Wildman–Crippen MR) is 65.0 cm³/mol. The second-order valence-electron chi connectivity index (χ2n) is 3.64. The lowest BCUT2D eigenvalue weighted by Crippen LogP contribution is -1.93. The Balaban J connectivity index is 2.27. The molecular formula is C13H11ClFNO. The fourth-order valence-corrected chi connectivity index (χ4v) is 1.54. The van der Waals surface area contributed by atoms with Gasteiger partial charge in [-0.25, -0.2) is 9.37 Å². The fraction of sp³-hybridized carbons (Fsp3) is 0.154. The van der Waals surface area contributed by atoms with Crippen molar-refractivity contribution in [3.63, 3.8) is 0 Å². The standard InChI is InChI=1S/C13H11ClFNO/c1-9-5-6-11(15)12(7-9)17-13-4-2-3-10(8-14)16-13/h2-7H,8H2,1H3. The zero-order valence-electron chi connectivity index (χ0n) is 9.28. The van der Waals surface area contributed by atoms with Crippen LogP contribution < -0.4 is 4.74 Å². The number of aryl methyl sites for hydroxylation is 1. The number of pyridine rings is 1. The summed E-state index contributed by atoms with van der Waals surface area (Å²) in [5.41, 5.74) is 1.62. The molecule has 0 aliphatic carbocycles. The third-order valence-electron chi connectivity index (χ3n) is 2.22. The summed E-state index contributed by atoms with van der Waals surface area (Å²) in [5.74, 6) is 0.401. The molecule has 88 valence electrons. The Morgan fingerprint density at radius 1 is 1.29 bits per heavy atom. The maximum Gasteiger partial charge on any atom is 0.219 e. The van der Waals surface area contributed by atoms with E-state index in [9.17, 15) is 4.39 Å². The summed E-state index contributed by atoms with van der Waals surface area (Å²) in [6, 6.07) is 9.91. The first-order valence-electron chi connectivity index (χ1n) is 5.15. The SMILES string of the molecule is Cc1ccc(F)c(Oc2cccc(CCl)n2)c1. The van der Waals surface area contributed by atoms with Crippen LogP contribution in [0.25, 0.3) is 0 Å². The van der Waals surface area contributed by atoms with E-state index in [1.807, 2.05) is 6.92 Å². The molecule has 0 radical (unpaired) electrons. The normalized spacial score (nSPS) is 10.3. The van der Waals surface area contributed by atoms with Crippen LogP contribution in [-0.2, 0) is 5.88 Å². The first-order chi connectivity index (χ1) is 8.19. The monoisotopic (exact) mass is 251 g/mol. The fourth-order valence-electron chi connectivity index (χ4n) is 1.39. The van der Waals surface area contributed by atoms with Crippen LogP contribution in [0.3, 0.4) is 0 Å². The van der Waals surface area contributed by atoms with Gasteiger partial charge >= 0.3 is 0 Å². The van der Waals surface area contributed by atoms with E-state index < -0.39 is 5.82 Å². The van der Waals surface area contributed by atoms with Gasteiger partial charge in [0.25, 0.3) is 0 Å². The summed E-state index contributed by atoms with van der Waals surface area (Å²) in [6.45, 7) is 1.87. The van der Waals surface area contributed by atoms with Crippen molar-refractivity contribution in [3.05, 3.63) is 53.5 Å². The van der Waals surface area contributed by atoms with Gasteiger partial charge in [0, 0.05) is 6.07 Å². The van der Waals surface area contributed by atoms with E-state index >= 15 is 0 Å². The summed E-state index contributed by atoms with van der Waals surface area (Å²) >= 11 is 5.67. The molecule has 0 atom stereocenters.